The number of benzene rings is 4. The van der Waals surface area contributed by atoms with Crippen LogP contribution in [-0.2, 0) is 0 Å². The number of rotatable bonds is 13. The molecule has 0 atom stereocenters. The van der Waals surface area contributed by atoms with Crippen molar-refractivity contribution in [3.8, 4) is 12.1 Å². The van der Waals surface area contributed by atoms with E-state index in [9.17, 15) is 0 Å². The molecule has 40 heavy (non-hydrogen) atoms. The van der Waals surface area contributed by atoms with Crippen LogP contribution in [0.2, 0.25) is 0 Å². The fourth-order valence-corrected chi connectivity index (χ4v) is 5.61. The van der Waals surface area contributed by atoms with Crippen LogP contribution in [0.25, 0.3) is 0 Å². The van der Waals surface area contributed by atoms with Gasteiger partial charge in [-0.05, 0) is 108 Å². The van der Waals surface area contributed by atoms with Gasteiger partial charge in [0.2, 0.25) is 0 Å². The lowest BCUT2D eigenvalue weighted by atomic mass is 10.2. The molecule has 0 heterocycles. The van der Waals surface area contributed by atoms with E-state index in [1.165, 1.54) is 35.5 Å². The van der Waals surface area contributed by atoms with E-state index in [0.717, 1.165) is 34.0 Å². The molecule has 0 aromatic heterocycles. The van der Waals surface area contributed by atoms with E-state index in [2.05, 4.69) is 46.4 Å². The van der Waals surface area contributed by atoms with Crippen molar-refractivity contribution in [1.29, 1.82) is 10.5 Å². The average Bonchev–Trinajstić information content (AvgIpc) is 3.02. The summed E-state index contributed by atoms with van der Waals surface area (Å²) in [6.07, 6.45) is 8.60. The molecule has 0 aliphatic rings. The van der Waals surface area contributed by atoms with Gasteiger partial charge in [0.25, 0.3) is 0 Å². The monoisotopic (exact) mass is 558 g/mol. The molecule has 0 saturated heterocycles. The van der Waals surface area contributed by atoms with Crippen LogP contribution in [-0.4, -0.2) is 23.9 Å². The first kappa shape index (κ1) is 28.9. The van der Waals surface area contributed by atoms with Gasteiger partial charge in [-0.3, -0.25) is 9.98 Å². The van der Waals surface area contributed by atoms with E-state index >= 15 is 0 Å². The Bertz CT molecular complexity index is 1360. The Balaban J connectivity index is 1.06. The number of hydrogen-bond acceptors (Lipinski definition) is 6. The lowest BCUT2D eigenvalue weighted by Gasteiger charge is -2.04. The standard InChI is InChI=1S/C34H30N4S2/c35-23-27-5-9-29(10-6-27)25-37-31-13-17-33(18-14-31)39-21-3-1-2-4-22-40-34-19-15-32(16-20-34)38-26-30-11-7-28(24-36)8-12-30/h5-20,25-26H,1-4,21-22H2. The molecule has 0 radical (unpaired) electrons. The molecule has 198 valence electrons. The van der Waals surface area contributed by atoms with Crippen molar-refractivity contribution in [2.75, 3.05) is 11.5 Å². The Kier molecular flexibility index (Phi) is 11.6. The first-order valence-electron chi connectivity index (χ1n) is 13.3. The first-order valence-corrected chi connectivity index (χ1v) is 15.2. The van der Waals surface area contributed by atoms with Gasteiger partial charge in [-0.1, -0.05) is 37.1 Å². The lowest BCUT2D eigenvalue weighted by molar-refractivity contribution is 0.711. The highest BCUT2D eigenvalue weighted by atomic mass is 32.2. The maximum Gasteiger partial charge on any atom is 0.0991 e. The maximum atomic E-state index is 8.89. The largest absolute Gasteiger partial charge is 0.256 e. The third-order valence-corrected chi connectivity index (χ3v) is 8.25. The predicted molar refractivity (Wildman–Crippen MR) is 170 cm³/mol. The highest BCUT2D eigenvalue weighted by molar-refractivity contribution is 7.99. The van der Waals surface area contributed by atoms with E-state index < -0.39 is 0 Å². The zero-order chi connectivity index (χ0) is 27.8. The molecule has 4 nitrogen and oxygen atoms in total. The molecular weight excluding hydrogens is 529 g/mol. The SMILES string of the molecule is N#Cc1ccc(C=Nc2ccc(SCCCCCCSc3ccc(N=Cc4ccc(C#N)cc4)cc3)cc2)cc1. The number of hydrogen-bond donors (Lipinski definition) is 0. The van der Waals surface area contributed by atoms with Crippen LogP contribution in [0.3, 0.4) is 0 Å². The van der Waals surface area contributed by atoms with Gasteiger partial charge in [-0.2, -0.15) is 10.5 Å². The Hall–Kier alpha value is -4.10. The van der Waals surface area contributed by atoms with Gasteiger partial charge in [0.05, 0.1) is 34.6 Å². The number of unbranched alkanes of at least 4 members (excludes halogenated alkanes) is 3. The topological polar surface area (TPSA) is 72.3 Å². The molecule has 0 fully saturated rings. The summed E-state index contributed by atoms with van der Waals surface area (Å²) in [5, 5.41) is 17.8. The minimum atomic E-state index is 0.656. The van der Waals surface area contributed by atoms with Crippen molar-refractivity contribution in [1.82, 2.24) is 0 Å². The summed E-state index contributed by atoms with van der Waals surface area (Å²) >= 11 is 3.80. The number of nitrogens with zero attached hydrogens (tertiary/aromatic N) is 4. The van der Waals surface area contributed by atoms with E-state index in [-0.39, 0.29) is 0 Å². The Morgan fingerprint density at radius 3 is 1.23 bits per heavy atom. The van der Waals surface area contributed by atoms with E-state index in [1.54, 1.807) is 24.3 Å². The molecule has 0 N–H and O–H groups in total. The smallest absolute Gasteiger partial charge is 0.0991 e. The van der Waals surface area contributed by atoms with Crippen molar-refractivity contribution in [2.45, 2.75) is 35.5 Å². The van der Waals surface area contributed by atoms with Crippen LogP contribution in [0.4, 0.5) is 11.4 Å². The van der Waals surface area contributed by atoms with Gasteiger partial charge < -0.3 is 0 Å². The van der Waals surface area contributed by atoms with Crippen LogP contribution >= 0.6 is 23.5 Å². The van der Waals surface area contributed by atoms with Gasteiger partial charge in [-0.15, -0.1) is 23.5 Å². The zero-order valence-corrected chi connectivity index (χ0v) is 23.9. The summed E-state index contributed by atoms with van der Waals surface area (Å²) in [7, 11) is 0. The van der Waals surface area contributed by atoms with Crippen LogP contribution in [0, 0.1) is 22.7 Å². The molecule has 4 aromatic carbocycles. The molecule has 0 aliphatic carbocycles. The molecule has 0 bridgehead atoms. The highest BCUT2D eigenvalue weighted by Crippen LogP contribution is 2.25. The fraction of sp³-hybridized carbons (Fsp3) is 0.176. The summed E-state index contributed by atoms with van der Waals surface area (Å²) in [6.45, 7) is 0. The van der Waals surface area contributed by atoms with E-state index in [4.69, 9.17) is 10.5 Å². The van der Waals surface area contributed by atoms with Crippen molar-refractivity contribution in [3.05, 3.63) is 119 Å². The third kappa shape index (κ3) is 9.89. The first-order chi connectivity index (χ1) is 19.7. The Morgan fingerprint density at radius 2 is 0.875 bits per heavy atom. The summed E-state index contributed by atoms with van der Waals surface area (Å²) in [4.78, 5) is 11.6. The van der Waals surface area contributed by atoms with Gasteiger partial charge in [-0.25, -0.2) is 0 Å². The molecule has 0 spiro atoms. The predicted octanol–water partition coefficient (Wildman–Crippen LogP) is 9.38. The summed E-state index contributed by atoms with van der Waals surface area (Å²) in [5.74, 6) is 2.26. The van der Waals surface area contributed by atoms with E-state index in [1.807, 2.05) is 84.5 Å². The normalized spacial score (nSPS) is 11.1. The number of nitriles is 2. The van der Waals surface area contributed by atoms with Gasteiger partial charge in [0.15, 0.2) is 0 Å². The molecule has 0 saturated carbocycles. The molecular formula is C34H30N4S2. The summed E-state index contributed by atoms with van der Waals surface area (Å²) in [6, 6.07) is 35.8. The molecule has 4 aromatic rings. The molecule has 0 unspecified atom stereocenters. The van der Waals surface area contributed by atoms with Crippen molar-refractivity contribution < 1.29 is 0 Å². The van der Waals surface area contributed by atoms with Crippen LogP contribution in [0.5, 0.6) is 0 Å². The van der Waals surface area contributed by atoms with E-state index in [0.29, 0.717) is 11.1 Å². The second-order valence-electron chi connectivity index (χ2n) is 9.08. The van der Waals surface area contributed by atoms with Crippen LogP contribution in [0.15, 0.2) is 117 Å². The molecule has 0 amide bonds. The van der Waals surface area contributed by atoms with Crippen molar-refractivity contribution >= 4 is 47.3 Å². The number of thioether (sulfide) groups is 2. The second kappa shape index (κ2) is 16.1. The number of aliphatic imine (C=N–C) groups is 2. The lowest BCUT2D eigenvalue weighted by Crippen LogP contribution is -1.85. The van der Waals surface area contributed by atoms with Crippen LogP contribution in [0.1, 0.15) is 47.9 Å². The van der Waals surface area contributed by atoms with Crippen molar-refractivity contribution in [2.24, 2.45) is 9.98 Å². The average molecular weight is 559 g/mol. The molecule has 4 rings (SSSR count). The summed E-state index contributed by atoms with van der Waals surface area (Å²) < 4.78 is 0. The maximum absolute atomic E-state index is 8.89. The Morgan fingerprint density at radius 1 is 0.500 bits per heavy atom. The van der Waals surface area contributed by atoms with Gasteiger partial charge in [0.1, 0.15) is 0 Å². The van der Waals surface area contributed by atoms with Gasteiger partial charge >= 0.3 is 0 Å². The minimum Gasteiger partial charge on any atom is -0.256 e. The van der Waals surface area contributed by atoms with Crippen LogP contribution < -0.4 is 0 Å². The Labute approximate surface area is 245 Å². The second-order valence-corrected chi connectivity index (χ2v) is 11.4. The molecule has 6 heteroatoms. The van der Waals surface area contributed by atoms with Gasteiger partial charge in [0, 0.05) is 22.2 Å². The highest BCUT2D eigenvalue weighted by Gasteiger charge is 1.99. The minimum absolute atomic E-state index is 0.656. The van der Waals surface area contributed by atoms with Crippen molar-refractivity contribution in [3.63, 3.8) is 0 Å². The zero-order valence-electron chi connectivity index (χ0n) is 22.2. The molecule has 0 aliphatic heterocycles. The summed E-state index contributed by atoms with van der Waals surface area (Å²) in [5.41, 5.74) is 5.13. The fourth-order valence-electron chi connectivity index (χ4n) is 3.78. The third-order valence-electron chi connectivity index (χ3n) is 6.05. The quantitative estimate of drug-likeness (QED) is 0.0931.